The van der Waals surface area contributed by atoms with Crippen LogP contribution >= 0.6 is 23.4 Å². The Balaban J connectivity index is 1.36. The van der Waals surface area contributed by atoms with E-state index in [4.69, 9.17) is 31.2 Å². The van der Waals surface area contributed by atoms with Gasteiger partial charge in [0.1, 0.15) is 18.1 Å². The van der Waals surface area contributed by atoms with Crippen molar-refractivity contribution in [2.75, 3.05) is 12.9 Å². The van der Waals surface area contributed by atoms with Gasteiger partial charge in [0.05, 0.1) is 33.6 Å². The molecule has 3 aromatic carbocycles. The second-order valence-corrected chi connectivity index (χ2v) is 12.1. The Hall–Kier alpha value is -4.38. The zero-order chi connectivity index (χ0) is 30.7. The predicted molar refractivity (Wildman–Crippen MR) is 171 cm³/mol. The van der Waals surface area contributed by atoms with Crippen molar-refractivity contribution in [1.29, 1.82) is 0 Å². The van der Waals surface area contributed by atoms with Gasteiger partial charge in [-0.2, -0.15) is 10.1 Å². The topological polar surface area (TPSA) is 92.0 Å². The van der Waals surface area contributed by atoms with Crippen molar-refractivity contribution in [3.05, 3.63) is 94.7 Å². The fourth-order valence-electron chi connectivity index (χ4n) is 6.28. The normalized spacial score (nSPS) is 15.9. The number of benzene rings is 3. The SMILES string of the molecule is CSc1nc(OCc2ccccc2)c2c(n1)C(=O)c1c-2ccnc1-c1c2cnn(C3CCCCO3)c2cc2ccc(F)c(Cl)c12. The number of fused-ring (bicyclic) bond motifs is 5. The van der Waals surface area contributed by atoms with Gasteiger partial charge in [-0.3, -0.25) is 9.78 Å². The summed E-state index contributed by atoms with van der Waals surface area (Å²) in [6, 6.07) is 16.5. The van der Waals surface area contributed by atoms with Crippen LogP contribution in [0.3, 0.4) is 0 Å². The number of aromatic nitrogens is 5. The van der Waals surface area contributed by atoms with E-state index < -0.39 is 5.82 Å². The van der Waals surface area contributed by atoms with Crippen LogP contribution in [0.2, 0.25) is 5.02 Å². The Kier molecular flexibility index (Phi) is 7.00. The van der Waals surface area contributed by atoms with Crippen LogP contribution in [0.4, 0.5) is 4.39 Å². The lowest BCUT2D eigenvalue weighted by Gasteiger charge is -2.23. The zero-order valence-corrected chi connectivity index (χ0v) is 25.7. The van der Waals surface area contributed by atoms with Crippen molar-refractivity contribution < 1.29 is 18.7 Å². The summed E-state index contributed by atoms with van der Waals surface area (Å²) in [4.78, 5) is 28.3. The van der Waals surface area contributed by atoms with Crippen LogP contribution in [0.5, 0.6) is 5.88 Å². The van der Waals surface area contributed by atoms with Gasteiger partial charge in [0.15, 0.2) is 11.4 Å². The van der Waals surface area contributed by atoms with E-state index in [-0.39, 0.29) is 29.3 Å². The highest BCUT2D eigenvalue weighted by Gasteiger charge is 2.37. The monoisotopic (exact) mass is 637 g/mol. The lowest BCUT2D eigenvalue weighted by Crippen LogP contribution is -2.18. The molecule has 6 aromatic rings. The van der Waals surface area contributed by atoms with Gasteiger partial charge in [-0.25, -0.2) is 14.1 Å². The average Bonchev–Trinajstić information content (AvgIpc) is 3.64. The number of carbonyl (C=O) groups excluding carboxylic acids is 1. The minimum atomic E-state index is -0.568. The number of pyridine rings is 1. The van der Waals surface area contributed by atoms with Crippen molar-refractivity contribution in [1.82, 2.24) is 24.7 Å². The number of hydrogen-bond acceptors (Lipinski definition) is 8. The molecule has 1 fully saturated rings. The van der Waals surface area contributed by atoms with Crippen molar-refractivity contribution in [2.24, 2.45) is 0 Å². The molecule has 11 heteroatoms. The number of thioether (sulfide) groups is 1. The molecule has 2 aliphatic rings. The van der Waals surface area contributed by atoms with Crippen molar-refractivity contribution in [3.63, 3.8) is 0 Å². The largest absolute Gasteiger partial charge is 0.472 e. The zero-order valence-electron chi connectivity index (χ0n) is 24.1. The quantitative estimate of drug-likeness (QED) is 0.134. The highest BCUT2D eigenvalue weighted by molar-refractivity contribution is 7.98. The van der Waals surface area contributed by atoms with Gasteiger partial charge in [0.25, 0.3) is 0 Å². The van der Waals surface area contributed by atoms with Crippen LogP contribution in [0.1, 0.15) is 47.1 Å². The minimum absolute atomic E-state index is 0.0511. The molecule has 8 rings (SSSR count). The summed E-state index contributed by atoms with van der Waals surface area (Å²) in [5.41, 5.74) is 4.31. The molecule has 1 aliphatic carbocycles. The molecule has 0 bridgehead atoms. The third kappa shape index (κ3) is 4.58. The smallest absolute Gasteiger partial charge is 0.226 e. The van der Waals surface area contributed by atoms with E-state index in [9.17, 15) is 4.79 Å². The van der Waals surface area contributed by atoms with Crippen LogP contribution in [0, 0.1) is 5.82 Å². The van der Waals surface area contributed by atoms with Crippen molar-refractivity contribution >= 4 is 50.8 Å². The maximum absolute atomic E-state index is 15.1. The maximum atomic E-state index is 15.1. The highest BCUT2D eigenvalue weighted by atomic mass is 35.5. The fourth-order valence-corrected chi connectivity index (χ4v) is 6.90. The number of ketones is 1. The Morgan fingerprint density at radius 3 is 2.73 bits per heavy atom. The fraction of sp³-hybridized carbons (Fsp3) is 0.206. The third-order valence-electron chi connectivity index (χ3n) is 8.36. The first-order valence-electron chi connectivity index (χ1n) is 14.6. The molecule has 0 saturated carbocycles. The first kappa shape index (κ1) is 28.1. The molecule has 1 aliphatic heterocycles. The lowest BCUT2D eigenvalue weighted by atomic mass is 9.93. The minimum Gasteiger partial charge on any atom is -0.472 e. The summed E-state index contributed by atoms with van der Waals surface area (Å²) in [5, 5.41) is 6.92. The van der Waals surface area contributed by atoms with E-state index in [0.29, 0.717) is 61.7 Å². The summed E-state index contributed by atoms with van der Waals surface area (Å²) >= 11 is 8.02. The van der Waals surface area contributed by atoms with Crippen LogP contribution in [0.15, 0.2) is 72.1 Å². The summed E-state index contributed by atoms with van der Waals surface area (Å²) in [6.07, 6.45) is 7.81. The van der Waals surface area contributed by atoms with Gasteiger partial charge >= 0.3 is 0 Å². The lowest BCUT2D eigenvalue weighted by molar-refractivity contribution is -0.0366. The predicted octanol–water partition coefficient (Wildman–Crippen LogP) is 8.05. The molecule has 0 spiro atoms. The molecule has 8 nitrogen and oxygen atoms in total. The molecule has 1 atom stereocenters. The second kappa shape index (κ2) is 11.2. The number of ether oxygens (including phenoxy) is 2. The second-order valence-electron chi connectivity index (χ2n) is 11.0. The van der Waals surface area contributed by atoms with Crippen molar-refractivity contribution in [3.8, 4) is 28.3 Å². The molecule has 0 radical (unpaired) electrons. The number of rotatable bonds is 6. The number of carbonyl (C=O) groups is 1. The molecule has 224 valence electrons. The average molecular weight is 638 g/mol. The Bertz CT molecular complexity index is 2150. The summed E-state index contributed by atoms with van der Waals surface area (Å²) in [6.45, 7) is 0.915. The van der Waals surface area contributed by atoms with Gasteiger partial charge in [0.2, 0.25) is 11.7 Å². The third-order valence-corrected chi connectivity index (χ3v) is 9.27. The Labute approximate surface area is 266 Å². The first-order valence-corrected chi connectivity index (χ1v) is 16.2. The molecule has 0 N–H and O–H groups in total. The standard InChI is InChI=1S/C34H25ClFN5O3S/c1-45-34-39-31-28(33(40-34)44-17-18-7-3-2-4-8-18)20-12-13-37-30(27(20)32(31)42)26-21-16-38-41(24-9-5-6-14-43-24)23(21)15-19-10-11-22(36)29(35)25(19)26/h2-4,7-8,10-13,15-16,24H,5-6,9,14,17H2,1H3. The molecule has 0 amide bonds. The molecule has 4 heterocycles. The van der Waals surface area contributed by atoms with Crippen LogP contribution in [-0.2, 0) is 11.3 Å². The van der Waals surface area contributed by atoms with E-state index in [2.05, 4.69) is 9.97 Å². The van der Waals surface area contributed by atoms with Gasteiger partial charge in [0, 0.05) is 34.7 Å². The molecule has 1 saturated heterocycles. The summed E-state index contributed by atoms with van der Waals surface area (Å²) in [5.74, 6) is -0.569. The first-order chi connectivity index (χ1) is 22.0. The van der Waals surface area contributed by atoms with Crippen LogP contribution in [-0.4, -0.2) is 43.4 Å². The summed E-state index contributed by atoms with van der Waals surface area (Å²) in [7, 11) is 0. The molecule has 1 unspecified atom stereocenters. The molecule has 3 aromatic heterocycles. The van der Waals surface area contributed by atoms with Gasteiger partial charge < -0.3 is 9.47 Å². The number of halogens is 2. The van der Waals surface area contributed by atoms with Crippen LogP contribution < -0.4 is 4.74 Å². The maximum Gasteiger partial charge on any atom is 0.226 e. The molecule has 45 heavy (non-hydrogen) atoms. The summed E-state index contributed by atoms with van der Waals surface area (Å²) < 4.78 is 29.2. The van der Waals surface area contributed by atoms with E-state index >= 15 is 4.39 Å². The molecular formula is C34H25ClFN5O3S. The van der Waals surface area contributed by atoms with Crippen LogP contribution in [0.25, 0.3) is 44.1 Å². The van der Waals surface area contributed by atoms with Crippen molar-refractivity contribution in [2.45, 2.75) is 37.3 Å². The number of nitrogens with zero attached hydrogens (tertiary/aromatic N) is 5. The van der Waals surface area contributed by atoms with E-state index in [1.54, 1.807) is 24.5 Å². The number of hydrogen-bond donors (Lipinski definition) is 0. The van der Waals surface area contributed by atoms with E-state index in [1.165, 1.54) is 17.8 Å². The van der Waals surface area contributed by atoms with E-state index in [0.717, 1.165) is 30.3 Å². The van der Waals surface area contributed by atoms with Gasteiger partial charge in [-0.1, -0.05) is 59.8 Å². The highest BCUT2D eigenvalue weighted by Crippen LogP contribution is 2.48. The van der Waals surface area contributed by atoms with Gasteiger partial charge in [-0.15, -0.1) is 0 Å². The van der Waals surface area contributed by atoms with E-state index in [1.807, 2.05) is 47.3 Å². The molecular weight excluding hydrogens is 613 g/mol. The van der Waals surface area contributed by atoms with Gasteiger partial charge in [-0.05, 0) is 54.7 Å². The Morgan fingerprint density at radius 1 is 1.07 bits per heavy atom. The Morgan fingerprint density at radius 2 is 1.93 bits per heavy atom.